The van der Waals surface area contributed by atoms with Crippen molar-refractivity contribution in [2.45, 2.75) is 32.7 Å². The van der Waals surface area contributed by atoms with Gasteiger partial charge in [-0.2, -0.15) is 0 Å². The summed E-state index contributed by atoms with van der Waals surface area (Å²) in [6.07, 6.45) is 5.58. The van der Waals surface area contributed by atoms with Crippen molar-refractivity contribution in [3.63, 3.8) is 0 Å². The number of nitrogens with one attached hydrogen (secondary N) is 2. The van der Waals surface area contributed by atoms with Crippen molar-refractivity contribution in [3.8, 4) is 5.75 Å². The van der Waals surface area contributed by atoms with E-state index < -0.39 is 0 Å². The van der Waals surface area contributed by atoms with E-state index in [9.17, 15) is 0 Å². The number of guanidine groups is 1. The second kappa shape index (κ2) is 13.8. The molecule has 0 bridgehead atoms. The third-order valence-electron chi connectivity index (χ3n) is 4.76. The highest BCUT2D eigenvalue weighted by atomic mass is 127. The predicted octanol–water partition coefficient (Wildman–Crippen LogP) is 3.66. The lowest BCUT2D eigenvalue weighted by molar-refractivity contribution is 0.213. The minimum Gasteiger partial charge on any atom is -0.489 e. The molecule has 0 unspecified atom stereocenters. The zero-order valence-electron chi connectivity index (χ0n) is 16.7. The maximum absolute atomic E-state index is 5.72. The first-order valence-corrected chi connectivity index (χ1v) is 9.75. The van der Waals surface area contributed by atoms with Gasteiger partial charge >= 0.3 is 0 Å². The third-order valence-corrected chi connectivity index (χ3v) is 4.76. The molecule has 1 aromatic carbocycles. The third kappa shape index (κ3) is 8.97. The van der Waals surface area contributed by atoms with E-state index >= 15 is 0 Å². The van der Waals surface area contributed by atoms with E-state index in [1.807, 2.05) is 18.2 Å². The molecule has 1 aliphatic rings. The van der Waals surface area contributed by atoms with Crippen LogP contribution < -0.4 is 15.4 Å². The van der Waals surface area contributed by atoms with Crippen molar-refractivity contribution in [1.29, 1.82) is 0 Å². The molecule has 0 aromatic heterocycles. The van der Waals surface area contributed by atoms with Crippen molar-refractivity contribution < 1.29 is 4.74 Å². The van der Waals surface area contributed by atoms with E-state index in [2.05, 4.69) is 42.2 Å². The standard InChI is InChI=1S/C21H34N4O.HI/c1-4-16-26-20-9-7-6-8-19(20)17-24-21(22-5-2)23-13-10-18-11-14-25(3)15-12-18;/h4,6-9,18H,1,5,10-17H2,2-3H3,(H2,22,23,24);1H. The summed E-state index contributed by atoms with van der Waals surface area (Å²) in [5.74, 6) is 2.58. The Balaban J connectivity index is 0.00000364. The Morgan fingerprint density at radius 3 is 2.74 bits per heavy atom. The molecule has 0 radical (unpaired) electrons. The summed E-state index contributed by atoms with van der Waals surface area (Å²) in [7, 11) is 2.21. The Morgan fingerprint density at radius 1 is 1.30 bits per heavy atom. The van der Waals surface area contributed by atoms with Crippen LogP contribution in [0.4, 0.5) is 0 Å². The number of aliphatic imine (C=N–C) groups is 1. The van der Waals surface area contributed by atoms with Crippen LogP contribution in [0.15, 0.2) is 41.9 Å². The Bertz CT molecular complexity index is 571. The first kappa shape index (κ1) is 23.8. The molecule has 0 aliphatic carbocycles. The molecule has 6 heteroatoms. The van der Waals surface area contributed by atoms with Gasteiger partial charge in [0, 0.05) is 18.7 Å². The maximum Gasteiger partial charge on any atom is 0.191 e. The largest absolute Gasteiger partial charge is 0.489 e. The highest BCUT2D eigenvalue weighted by molar-refractivity contribution is 14.0. The Morgan fingerprint density at radius 2 is 2.04 bits per heavy atom. The van der Waals surface area contributed by atoms with Crippen LogP contribution in [-0.2, 0) is 6.54 Å². The van der Waals surface area contributed by atoms with E-state index in [4.69, 9.17) is 9.73 Å². The molecule has 152 valence electrons. The van der Waals surface area contributed by atoms with Gasteiger partial charge in [-0.25, -0.2) is 4.99 Å². The van der Waals surface area contributed by atoms with Gasteiger partial charge in [0.2, 0.25) is 0 Å². The van der Waals surface area contributed by atoms with E-state index in [-0.39, 0.29) is 24.0 Å². The monoisotopic (exact) mass is 486 g/mol. The van der Waals surface area contributed by atoms with Gasteiger partial charge in [-0.1, -0.05) is 30.9 Å². The molecular weight excluding hydrogens is 451 g/mol. The van der Waals surface area contributed by atoms with E-state index in [0.29, 0.717) is 13.2 Å². The summed E-state index contributed by atoms with van der Waals surface area (Å²) in [5, 5.41) is 6.81. The number of hydrogen-bond acceptors (Lipinski definition) is 3. The molecule has 1 fully saturated rings. The summed E-state index contributed by atoms with van der Waals surface area (Å²) in [5.41, 5.74) is 1.09. The summed E-state index contributed by atoms with van der Waals surface area (Å²) in [6.45, 7) is 11.2. The zero-order chi connectivity index (χ0) is 18.6. The molecule has 1 saturated heterocycles. The normalized spacial score (nSPS) is 15.7. The average Bonchev–Trinajstić information content (AvgIpc) is 2.66. The molecule has 0 amide bonds. The van der Waals surface area contributed by atoms with Crippen LogP contribution in [0.1, 0.15) is 31.7 Å². The van der Waals surface area contributed by atoms with Crippen molar-refractivity contribution in [1.82, 2.24) is 15.5 Å². The van der Waals surface area contributed by atoms with Gasteiger partial charge in [0.15, 0.2) is 5.96 Å². The summed E-state index contributed by atoms with van der Waals surface area (Å²) >= 11 is 0. The second-order valence-corrected chi connectivity index (χ2v) is 6.86. The number of benzene rings is 1. The van der Waals surface area contributed by atoms with Gasteiger partial charge < -0.3 is 20.3 Å². The summed E-state index contributed by atoms with van der Waals surface area (Å²) < 4.78 is 5.72. The topological polar surface area (TPSA) is 48.9 Å². The number of likely N-dealkylation sites (tertiary alicyclic amines) is 1. The van der Waals surface area contributed by atoms with E-state index in [1.54, 1.807) is 6.08 Å². The lowest BCUT2D eigenvalue weighted by Crippen LogP contribution is -2.39. The molecule has 0 atom stereocenters. The molecule has 1 heterocycles. The summed E-state index contributed by atoms with van der Waals surface area (Å²) in [6, 6.07) is 8.04. The second-order valence-electron chi connectivity index (χ2n) is 6.86. The first-order valence-electron chi connectivity index (χ1n) is 9.75. The van der Waals surface area contributed by atoms with Gasteiger partial charge in [-0.05, 0) is 58.3 Å². The van der Waals surface area contributed by atoms with Gasteiger partial charge in [-0.3, -0.25) is 0 Å². The van der Waals surface area contributed by atoms with Gasteiger partial charge in [-0.15, -0.1) is 24.0 Å². The molecule has 2 rings (SSSR count). The number of piperidine rings is 1. The fraction of sp³-hybridized carbons (Fsp3) is 0.571. The van der Waals surface area contributed by atoms with Crippen molar-refractivity contribution in [2.24, 2.45) is 10.9 Å². The SMILES string of the molecule is C=CCOc1ccccc1CN=C(NCC)NCCC1CCN(C)CC1.I. The van der Waals surface area contributed by atoms with Crippen LogP contribution in [0.3, 0.4) is 0 Å². The lowest BCUT2D eigenvalue weighted by atomic mass is 9.94. The number of para-hydroxylation sites is 1. The van der Waals surface area contributed by atoms with Crippen LogP contribution in [-0.4, -0.2) is 50.7 Å². The molecule has 27 heavy (non-hydrogen) atoms. The highest BCUT2D eigenvalue weighted by Crippen LogP contribution is 2.19. The zero-order valence-corrected chi connectivity index (χ0v) is 19.1. The van der Waals surface area contributed by atoms with Gasteiger partial charge in [0.1, 0.15) is 12.4 Å². The van der Waals surface area contributed by atoms with Crippen LogP contribution in [0.2, 0.25) is 0 Å². The van der Waals surface area contributed by atoms with Crippen LogP contribution in [0.25, 0.3) is 0 Å². The lowest BCUT2D eigenvalue weighted by Gasteiger charge is -2.29. The van der Waals surface area contributed by atoms with Crippen molar-refractivity contribution in [2.75, 3.05) is 39.8 Å². The fourth-order valence-corrected chi connectivity index (χ4v) is 3.18. The minimum absolute atomic E-state index is 0. The molecular formula is C21H35IN4O. The Kier molecular flexibility index (Phi) is 12.2. The van der Waals surface area contributed by atoms with E-state index in [0.717, 1.165) is 36.3 Å². The molecule has 5 nitrogen and oxygen atoms in total. The number of rotatable bonds is 9. The van der Waals surface area contributed by atoms with Gasteiger partial charge in [0.25, 0.3) is 0 Å². The van der Waals surface area contributed by atoms with Crippen molar-refractivity contribution >= 4 is 29.9 Å². The smallest absolute Gasteiger partial charge is 0.191 e. The Labute approximate surface area is 181 Å². The number of hydrogen-bond donors (Lipinski definition) is 2. The predicted molar refractivity (Wildman–Crippen MR) is 125 cm³/mol. The molecule has 1 aromatic rings. The summed E-state index contributed by atoms with van der Waals surface area (Å²) in [4.78, 5) is 7.15. The maximum atomic E-state index is 5.72. The molecule has 0 saturated carbocycles. The quantitative estimate of drug-likeness (QED) is 0.242. The van der Waals surface area contributed by atoms with Gasteiger partial charge in [0.05, 0.1) is 6.54 Å². The number of nitrogens with zero attached hydrogens (tertiary/aromatic N) is 2. The first-order chi connectivity index (χ1) is 12.7. The Hall–Kier alpha value is -1.28. The van der Waals surface area contributed by atoms with Crippen LogP contribution in [0.5, 0.6) is 5.75 Å². The fourth-order valence-electron chi connectivity index (χ4n) is 3.18. The average molecular weight is 486 g/mol. The van der Waals surface area contributed by atoms with Crippen molar-refractivity contribution in [3.05, 3.63) is 42.5 Å². The molecule has 1 aliphatic heterocycles. The number of ether oxygens (including phenoxy) is 1. The molecule has 2 N–H and O–H groups in total. The minimum atomic E-state index is 0. The highest BCUT2D eigenvalue weighted by Gasteiger charge is 2.16. The van der Waals surface area contributed by atoms with E-state index in [1.165, 1.54) is 32.4 Å². The van der Waals surface area contributed by atoms with Crippen LogP contribution in [0, 0.1) is 5.92 Å². The van der Waals surface area contributed by atoms with Crippen LogP contribution >= 0.6 is 24.0 Å². The number of halogens is 1. The molecule has 0 spiro atoms.